The molecule has 0 radical (unpaired) electrons. The molecule has 1 saturated heterocycles. The first-order valence-electron chi connectivity index (χ1n) is 9.69. The van der Waals surface area contributed by atoms with Gasteiger partial charge in [-0.05, 0) is 50.3 Å². The molecule has 3 rings (SSSR count). The number of aryl methyl sites for hydroxylation is 1. The number of hydrogen-bond acceptors (Lipinski definition) is 2. The van der Waals surface area contributed by atoms with Crippen molar-refractivity contribution in [3.05, 3.63) is 35.1 Å². The van der Waals surface area contributed by atoms with Crippen molar-refractivity contribution in [2.24, 2.45) is 4.99 Å². The highest BCUT2D eigenvalue weighted by atomic mass is 19.1. The van der Waals surface area contributed by atoms with Crippen LogP contribution in [0.3, 0.4) is 0 Å². The zero-order chi connectivity index (χ0) is 17.6. The summed E-state index contributed by atoms with van der Waals surface area (Å²) < 4.78 is 13.4. The number of hydrogen-bond donors (Lipinski definition) is 2. The number of nitrogens with one attached hydrogen (secondary N) is 2. The molecule has 1 aromatic rings. The van der Waals surface area contributed by atoms with Crippen molar-refractivity contribution in [2.75, 3.05) is 19.6 Å². The van der Waals surface area contributed by atoms with Crippen molar-refractivity contribution in [3.8, 4) is 0 Å². The number of guanidine groups is 1. The number of halogens is 1. The van der Waals surface area contributed by atoms with Gasteiger partial charge in [0.1, 0.15) is 5.82 Å². The maximum absolute atomic E-state index is 13.4. The molecule has 2 fully saturated rings. The van der Waals surface area contributed by atoms with Crippen molar-refractivity contribution < 1.29 is 4.39 Å². The molecule has 138 valence electrons. The highest BCUT2D eigenvalue weighted by molar-refractivity contribution is 5.80. The number of nitrogens with zero attached hydrogens (tertiary/aromatic N) is 2. The zero-order valence-corrected chi connectivity index (χ0v) is 15.5. The molecule has 0 aromatic heterocycles. The molecule has 5 heteroatoms. The summed E-state index contributed by atoms with van der Waals surface area (Å²) in [5.41, 5.74) is 1.71. The lowest BCUT2D eigenvalue weighted by Gasteiger charge is -2.24. The maximum atomic E-state index is 13.4. The number of likely N-dealkylation sites (tertiary alicyclic amines) is 1. The van der Waals surface area contributed by atoms with Gasteiger partial charge in [0.25, 0.3) is 0 Å². The van der Waals surface area contributed by atoms with Gasteiger partial charge in [-0.2, -0.15) is 0 Å². The molecule has 0 amide bonds. The fourth-order valence-corrected chi connectivity index (χ4v) is 4.00. The van der Waals surface area contributed by atoms with E-state index >= 15 is 0 Å². The minimum absolute atomic E-state index is 0.157. The third-order valence-corrected chi connectivity index (χ3v) is 5.39. The van der Waals surface area contributed by atoms with Crippen molar-refractivity contribution in [2.45, 2.75) is 64.6 Å². The standard InChI is InChI=1S/C20H31FN4/c1-3-22-20(23-13-16-8-9-19(21)15(2)12-16)24-17-10-11-25(14-17)18-6-4-5-7-18/h8-9,12,17-18H,3-7,10-11,13-14H2,1-2H3,(H2,22,23,24). The van der Waals surface area contributed by atoms with Crippen LogP contribution < -0.4 is 10.6 Å². The molecule has 1 heterocycles. The van der Waals surface area contributed by atoms with Crippen LogP contribution in [0.2, 0.25) is 0 Å². The third kappa shape index (κ3) is 4.94. The highest BCUT2D eigenvalue weighted by Gasteiger charge is 2.30. The Hall–Kier alpha value is -1.62. The lowest BCUT2D eigenvalue weighted by molar-refractivity contribution is 0.242. The van der Waals surface area contributed by atoms with Crippen molar-refractivity contribution in [3.63, 3.8) is 0 Å². The van der Waals surface area contributed by atoms with Crippen LogP contribution in [0.4, 0.5) is 4.39 Å². The lowest BCUT2D eigenvalue weighted by atomic mass is 10.1. The van der Waals surface area contributed by atoms with Crippen LogP contribution in [-0.4, -0.2) is 42.6 Å². The summed E-state index contributed by atoms with van der Waals surface area (Å²) in [6.07, 6.45) is 6.69. The van der Waals surface area contributed by atoms with Gasteiger partial charge in [-0.15, -0.1) is 0 Å². The molecule has 2 aliphatic rings. The van der Waals surface area contributed by atoms with Crippen molar-refractivity contribution >= 4 is 5.96 Å². The summed E-state index contributed by atoms with van der Waals surface area (Å²) in [7, 11) is 0. The Labute approximate surface area is 150 Å². The number of aliphatic imine (C=N–C) groups is 1. The first-order chi connectivity index (χ1) is 12.2. The van der Waals surface area contributed by atoms with E-state index in [2.05, 4.69) is 22.5 Å². The SMILES string of the molecule is CCNC(=NCc1ccc(F)c(C)c1)NC1CCN(C2CCCC2)C1. The average Bonchev–Trinajstić information content (AvgIpc) is 3.27. The Balaban J connectivity index is 1.56. The fourth-order valence-electron chi connectivity index (χ4n) is 4.00. The highest BCUT2D eigenvalue weighted by Crippen LogP contribution is 2.26. The predicted octanol–water partition coefficient (Wildman–Crippen LogP) is 3.21. The van der Waals surface area contributed by atoms with Gasteiger partial charge >= 0.3 is 0 Å². The summed E-state index contributed by atoms with van der Waals surface area (Å²) in [6, 6.07) is 6.48. The molecule has 1 atom stereocenters. The summed E-state index contributed by atoms with van der Waals surface area (Å²) in [5, 5.41) is 6.93. The molecule has 25 heavy (non-hydrogen) atoms. The Morgan fingerprint density at radius 2 is 2.08 bits per heavy atom. The van der Waals surface area contributed by atoms with Gasteiger partial charge < -0.3 is 10.6 Å². The Morgan fingerprint density at radius 1 is 1.28 bits per heavy atom. The summed E-state index contributed by atoms with van der Waals surface area (Å²) in [5.74, 6) is 0.707. The van der Waals surface area contributed by atoms with Crippen LogP contribution in [0.1, 0.15) is 50.2 Å². The molecular weight excluding hydrogens is 315 g/mol. The van der Waals surface area contributed by atoms with Gasteiger partial charge in [-0.3, -0.25) is 4.90 Å². The summed E-state index contributed by atoms with van der Waals surface area (Å²) >= 11 is 0. The molecule has 0 spiro atoms. The van der Waals surface area contributed by atoms with E-state index < -0.39 is 0 Å². The van der Waals surface area contributed by atoms with Gasteiger partial charge in [-0.25, -0.2) is 9.38 Å². The van der Waals surface area contributed by atoms with Crippen LogP contribution >= 0.6 is 0 Å². The van der Waals surface area contributed by atoms with Gasteiger partial charge in [0.15, 0.2) is 5.96 Å². The van der Waals surface area contributed by atoms with E-state index in [-0.39, 0.29) is 5.82 Å². The van der Waals surface area contributed by atoms with Crippen LogP contribution in [0.25, 0.3) is 0 Å². The third-order valence-electron chi connectivity index (χ3n) is 5.39. The van der Waals surface area contributed by atoms with Gasteiger partial charge in [0.05, 0.1) is 6.54 Å². The molecule has 0 bridgehead atoms. The largest absolute Gasteiger partial charge is 0.357 e. The molecule has 2 N–H and O–H groups in total. The van der Waals surface area contributed by atoms with E-state index in [0.29, 0.717) is 18.2 Å². The molecule has 1 aromatic carbocycles. The predicted molar refractivity (Wildman–Crippen MR) is 101 cm³/mol. The van der Waals surface area contributed by atoms with Crippen LogP contribution in [0, 0.1) is 12.7 Å². The molecular formula is C20H31FN4. The van der Waals surface area contributed by atoms with Crippen molar-refractivity contribution in [1.82, 2.24) is 15.5 Å². The second-order valence-corrected chi connectivity index (χ2v) is 7.34. The minimum Gasteiger partial charge on any atom is -0.357 e. The lowest BCUT2D eigenvalue weighted by Crippen LogP contribution is -2.45. The molecule has 4 nitrogen and oxygen atoms in total. The number of benzene rings is 1. The van der Waals surface area contributed by atoms with E-state index in [0.717, 1.165) is 30.7 Å². The Bertz CT molecular complexity index is 595. The van der Waals surface area contributed by atoms with E-state index in [1.54, 1.807) is 6.92 Å². The maximum Gasteiger partial charge on any atom is 0.191 e. The van der Waals surface area contributed by atoms with E-state index in [1.165, 1.54) is 44.7 Å². The van der Waals surface area contributed by atoms with E-state index in [4.69, 9.17) is 4.99 Å². The van der Waals surface area contributed by atoms with Crippen LogP contribution in [0.15, 0.2) is 23.2 Å². The first-order valence-corrected chi connectivity index (χ1v) is 9.69. The van der Waals surface area contributed by atoms with E-state index in [9.17, 15) is 4.39 Å². The monoisotopic (exact) mass is 346 g/mol. The molecule has 1 aliphatic carbocycles. The van der Waals surface area contributed by atoms with E-state index in [1.807, 2.05) is 12.1 Å². The molecule has 1 aliphatic heterocycles. The van der Waals surface area contributed by atoms with Gasteiger partial charge in [0.2, 0.25) is 0 Å². The van der Waals surface area contributed by atoms with Gasteiger partial charge in [0, 0.05) is 31.7 Å². The van der Waals surface area contributed by atoms with Crippen LogP contribution in [0.5, 0.6) is 0 Å². The minimum atomic E-state index is -0.157. The average molecular weight is 346 g/mol. The zero-order valence-electron chi connectivity index (χ0n) is 15.5. The molecule has 1 saturated carbocycles. The Kier molecular flexibility index (Phi) is 6.29. The smallest absolute Gasteiger partial charge is 0.191 e. The second-order valence-electron chi connectivity index (χ2n) is 7.34. The first kappa shape index (κ1) is 18.2. The fraction of sp³-hybridized carbons (Fsp3) is 0.650. The summed E-state index contributed by atoms with van der Waals surface area (Å²) in [6.45, 7) is 7.59. The topological polar surface area (TPSA) is 39.7 Å². The van der Waals surface area contributed by atoms with Crippen molar-refractivity contribution in [1.29, 1.82) is 0 Å². The molecule has 1 unspecified atom stereocenters. The number of rotatable bonds is 5. The quantitative estimate of drug-likeness (QED) is 0.635. The second kappa shape index (κ2) is 8.65. The van der Waals surface area contributed by atoms with Gasteiger partial charge in [-0.1, -0.05) is 25.0 Å². The van der Waals surface area contributed by atoms with Crippen LogP contribution in [-0.2, 0) is 6.54 Å². The normalized spacial score (nSPS) is 22.5. The Morgan fingerprint density at radius 3 is 2.80 bits per heavy atom. The summed E-state index contributed by atoms with van der Waals surface area (Å²) in [4.78, 5) is 7.34.